The zero-order valence-corrected chi connectivity index (χ0v) is 11.8. The fourth-order valence-electron chi connectivity index (χ4n) is 2.35. The third kappa shape index (κ3) is 4.67. The molecule has 0 saturated carbocycles. The summed E-state index contributed by atoms with van der Waals surface area (Å²) in [5.74, 6) is -0.179. The summed E-state index contributed by atoms with van der Waals surface area (Å²) in [6.07, 6.45) is 4.58. The van der Waals surface area contributed by atoms with E-state index in [-0.39, 0.29) is 5.82 Å². The smallest absolute Gasteiger partial charge is 0.123 e. The number of rotatable bonds is 4. The Morgan fingerprint density at radius 1 is 1.26 bits per heavy atom. The van der Waals surface area contributed by atoms with Crippen LogP contribution in [0.2, 0.25) is 0 Å². The van der Waals surface area contributed by atoms with Crippen molar-refractivity contribution in [2.24, 2.45) is 0 Å². The minimum absolute atomic E-state index is 0.179. The van der Waals surface area contributed by atoms with Crippen molar-refractivity contribution in [1.29, 1.82) is 0 Å². The second-order valence-electron chi connectivity index (χ2n) is 5.51. The summed E-state index contributed by atoms with van der Waals surface area (Å²) >= 11 is 0. The highest BCUT2D eigenvalue weighted by Gasteiger charge is 2.17. The zero-order valence-electron chi connectivity index (χ0n) is 11.8. The molecule has 3 heteroatoms. The van der Waals surface area contributed by atoms with Gasteiger partial charge in [-0.05, 0) is 51.0 Å². The summed E-state index contributed by atoms with van der Waals surface area (Å²) in [7, 11) is 0. The third-order valence-corrected chi connectivity index (χ3v) is 3.56. The van der Waals surface area contributed by atoms with Gasteiger partial charge in [-0.1, -0.05) is 11.6 Å². The van der Waals surface area contributed by atoms with Gasteiger partial charge in [0.25, 0.3) is 0 Å². The molecule has 1 aliphatic heterocycles. The quantitative estimate of drug-likeness (QED) is 0.833. The Morgan fingerprint density at radius 3 is 2.47 bits per heavy atom. The number of nitrogens with one attached hydrogen (secondary N) is 1. The van der Waals surface area contributed by atoms with Crippen LogP contribution in [0.5, 0.6) is 0 Å². The van der Waals surface area contributed by atoms with Gasteiger partial charge >= 0.3 is 0 Å². The maximum Gasteiger partial charge on any atom is 0.123 e. The number of likely N-dealkylation sites (tertiary alicyclic amines) is 1. The van der Waals surface area contributed by atoms with E-state index in [1.807, 2.05) is 12.1 Å². The van der Waals surface area contributed by atoms with Crippen LogP contribution in [0.15, 0.2) is 35.9 Å². The van der Waals surface area contributed by atoms with Gasteiger partial charge in [0.05, 0.1) is 0 Å². The maximum absolute atomic E-state index is 12.8. The van der Waals surface area contributed by atoms with Crippen molar-refractivity contribution in [3.05, 3.63) is 41.7 Å². The van der Waals surface area contributed by atoms with Crippen molar-refractivity contribution in [3.8, 4) is 0 Å². The molecular formula is C16H23FN2. The molecule has 0 atom stereocenters. The number of allylic oxidation sites excluding steroid dienone is 1. The molecule has 1 aliphatic rings. The Bertz CT molecular complexity index is 413. The third-order valence-electron chi connectivity index (χ3n) is 3.56. The molecule has 2 nitrogen and oxygen atoms in total. The van der Waals surface area contributed by atoms with Gasteiger partial charge in [0, 0.05) is 31.4 Å². The lowest BCUT2D eigenvalue weighted by Crippen LogP contribution is -2.39. The lowest BCUT2D eigenvalue weighted by molar-refractivity contribution is 0.240. The molecule has 0 aromatic heterocycles. The summed E-state index contributed by atoms with van der Waals surface area (Å²) in [5.41, 5.74) is 2.40. The molecule has 1 N–H and O–H groups in total. The maximum atomic E-state index is 12.8. The number of halogens is 1. The van der Waals surface area contributed by atoms with Gasteiger partial charge in [-0.25, -0.2) is 4.39 Å². The van der Waals surface area contributed by atoms with E-state index in [9.17, 15) is 4.39 Å². The van der Waals surface area contributed by atoms with Gasteiger partial charge in [-0.15, -0.1) is 0 Å². The molecule has 19 heavy (non-hydrogen) atoms. The van der Waals surface area contributed by atoms with Crippen molar-refractivity contribution in [3.63, 3.8) is 0 Å². The van der Waals surface area contributed by atoms with Crippen LogP contribution in [0.1, 0.15) is 26.7 Å². The highest BCUT2D eigenvalue weighted by Crippen LogP contribution is 2.17. The van der Waals surface area contributed by atoms with Crippen LogP contribution < -0.4 is 5.32 Å². The van der Waals surface area contributed by atoms with E-state index >= 15 is 0 Å². The van der Waals surface area contributed by atoms with Gasteiger partial charge in [0.2, 0.25) is 0 Å². The molecule has 0 unspecified atom stereocenters. The molecule has 0 bridgehead atoms. The molecule has 1 fully saturated rings. The molecule has 0 aliphatic carbocycles. The lowest BCUT2D eigenvalue weighted by Gasteiger charge is -2.32. The first-order chi connectivity index (χ1) is 9.13. The van der Waals surface area contributed by atoms with Gasteiger partial charge in [-0.3, -0.25) is 4.90 Å². The van der Waals surface area contributed by atoms with Gasteiger partial charge in [-0.2, -0.15) is 0 Å². The van der Waals surface area contributed by atoms with Crippen molar-refractivity contribution >= 4 is 5.69 Å². The Morgan fingerprint density at radius 2 is 1.89 bits per heavy atom. The molecule has 0 radical (unpaired) electrons. The van der Waals surface area contributed by atoms with Gasteiger partial charge in [0.1, 0.15) is 5.82 Å². The molecule has 104 valence electrons. The molecule has 0 spiro atoms. The predicted molar refractivity (Wildman–Crippen MR) is 78.9 cm³/mol. The van der Waals surface area contributed by atoms with Crippen LogP contribution in [0.3, 0.4) is 0 Å². The van der Waals surface area contributed by atoms with Gasteiger partial charge in [0.15, 0.2) is 0 Å². The average Bonchev–Trinajstić information content (AvgIpc) is 2.40. The van der Waals surface area contributed by atoms with Crippen LogP contribution in [0, 0.1) is 5.82 Å². The van der Waals surface area contributed by atoms with E-state index in [1.54, 1.807) is 0 Å². The van der Waals surface area contributed by atoms with E-state index in [0.29, 0.717) is 6.04 Å². The van der Waals surface area contributed by atoms with E-state index in [2.05, 4.69) is 30.1 Å². The van der Waals surface area contributed by atoms with Gasteiger partial charge < -0.3 is 5.32 Å². The number of hydrogen-bond donors (Lipinski definition) is 1. The first-order valence-electron chi connectivity index (χ1n) is 7.01. The standard InChI is InChI=1S/C16H23FN2/c1-13(2)7-10-19-11-8-16(9-12-19)18-15-5-3-14(17)4-6-15/h3-7,16,18H,8-12H2,1-2H3. The van der Waals surface area contributed by atoms with E-state index in [0.717, 1.165) is 38.2 Å². The fraction of sp³-hybridized carbons (Fsp3) is 0.500. The molecule has 2 rings (SSSR count). The van der Waals surface area contributed by atoms with Crippen LogP contribution in [-0.4, -0.2) is 30.6 Å². The van der Waals surface area contributed by atoms with Crippen LogP contribution in [-0.2, 0) is 0 Å². The summed E-state index contributed by atoms with van der Waals surface area (Å²) in [6.45, 7) is 7.60. The van der Waals surface area contributed by atoms with Crippen molar-refractivity contribution in [2.45, 2.75) is 32.7 Å². The molecular weight excluding hydrogens is 239 g/mol. The number of piperidine rings is 1. The molecule has 1 aromatic carbocycles. The lowest BCUT2D eigenvalue weighted by atomic mass is 10.0. The SMILES string of the molecule is CC(C)=CCN1CCC(Nc2ccc(F)cc2)CC1. The van der Waals surface area contributed by atoms with Crippen molar-refractivity contribution in [1.82, 2.24) is 4.90 Å². The first-order valence-corrected chi connectivity index (χ1v) is 7.01. The Balaban J connectivity index is 1.77. The van der Waals surface area contributed by atoms with Crippen molar-refractivity contribution < 1.29 is 4.39 Å². The summed E-state index contributed by atoms with van der Waals surface area (Å²) in [4.78, 5) is 2.48. The first kappa shape index (κ1) is 14.1. The van der Waals surface area contributed by atoms with E-state index in [1.165, 1.54) is 17.7 Å². The number of hydrogen-bond acceptors (Lipinski definition) is 2. The highest BCUT2D eigenvalue weighted by molar-refractivity contribution is 5.43. The number of nitrogens with zero attached hydrogens (tertiary/aromatic N) is 1. The van der Waals surface area contributed by atoms with Crippen LogP contribution >= 0.6 is 0 Å². The summed E-state index contributed by atoms with van der Waals surface area (Å²) in [6, 6.07) is 7.14. The second kappa shape index (κ2) is 6.71. The Hall–Kier alpha value is -1.35. The normalized spacial score (nSPS) is 17.2. The Labute approximate surface area is 115 Å². The molecule has 1 aromatic rings. The predicted octanol–water partition coefficient (Wildman–Crippen LogP) is 3.67. The van der Waals surface area contributed by atoms with Crippen LogP contribution in [0.4, 0.5) is 10.1 Å². The molecule has 1 heterocycles. The second-order valence-corrected chi connectivity index (χ2v) is 5.51. The Kier molecular flexibility index (Phi) is 4.97. The molecule has 1 saturated heterocycles. The summed E-state index contributed by atoms with van der Waals surface area (Å²) < 4.78 is 12.8. The highest BCUT2D eigenvalue weighted by atomic mass is 19.1. The fourth-order valence-corrected chi connectivity index (χ4v) is 2.35. The van der Waals surface area contributed by atoms with E-state index < -0.39 is 0 Å². The largest absolute Gasteiger partial charge is 0.382 e. The van der Waals surface area contributed by atoms with Crippen molar-refractivity contribution in [2.75, 3.05) is 25.0 Å². The zero-order chi connectivity index (χ0) is 13.7. The average molecular weight is 262 g/mol. The summed E-state index contributed by atoms with van der Waals surface area (Å²) in [5, 5.41) is 3.48. The topological polar surface area (TPSA) is 15.3 Å². The minimum atomic E-state index is -0.179. The monoisotopic (exact) mass is 262 g/mol. The van der Waals surface area contributed by atoms with Crippen LogP contribution in [0.25, 0.3) is 0 Å². The number of anilines is 1. The minimum Gasteiger partial charge on any atom is -0.382 e. The number of benzene rings is 1. The van der Waals surface area contributed by atoms with E-state index in [4.69, 9.17) is 0 Å². The molecule has 0 amide bonds.